The zero-order valence-electron chi connectivity index (χ0n) is 30.0. The van der Waals surface area contributed by atoms with Crippen molar-refractivity contribution in [2.45, 2.75) is 95.4 Å². The highest BCUT2D eigenvalue weighted by atomic mass is 15.2. The minimum Gasteiger partial charge on any atom is -0.216 e. The number of imidazole rings is 1. The van der Waals surface area contributed by atoms with Crippen LogP contribution in [0.15, 0.2) is 97.2 Å². The number of fused-ring (bicyclic) bond motifs is 8. The second-order valence-corrected chi connectivity index (χ2v) is 16.3. The number of rotatable bonds is 5. The molecule has 248 valence electrons. The zero-order chi connectivity index (χ0) is 34.2. The van der Waals surface area contributed by atoms with Gasteiger partial charge >= 0.3 is 0 Å². The molecule has 0 saturated heterocycles. The Hall–Kier alpha value is -4.90. The molecule has 2 bridgehead atoms. The number of pyridine rings is 1. The fourth-order valence-corrected chi connectivity index (χ4v) is 10.6. The summed E-state index contributed by atoms with van der Waals surface area (Å²) in [5.41, 5.74) is 11.9. The van der Waals surface area contributed by atoms with Gasteiger partial charge in [0.1, 0.15) is 5.54 Å². The van der Waals surface area contributed by atoms with E-state index in [0.717, 1.165) is 29.5 Å². The van der Waals surface area contributed by atoms with Crippen molar-refractivity contribution in [3.05, 3.63) is 114 Å². The van der Waals surface area contributed by atoms with Crippen molar-refractivity contribution >= 4 is 27.5 Å². The molecular formula is C45H44N5+. The van der Waals surface area contributed by atoms with E-state index in [1.807, 2.05) is 36.4 Å². The van der Waals surface area contributed by atoms with E-state index in [0.29, 0.717) is 17.5 Å². The van der Waals surface area contributed by atoms with Crippen LogP contribution in [-0.4, -0.2) is 19.4 Å². The average molecular weight is 655 g/mol. The molecule has 0 N–H and O–H groups in total. The van der Waals surface area contributed by atoms with Gasteiger partial charge < -0.3 is 0 Å². The molecular weight excluding hydrogens is 611 g/mol. The molecule has 4 unspecified atom stereocenters. The lowest BCUT2D eigenvalue weighted by atomic mass is 9.61. The Kier molecular flexibility index (Phi) is 5.92. The first-order valence-corrected chi connectivity index (χ1v) is 18.5. The molecule has 0 spiro atoms. The summed E-state index contributed by atoms with van der Waals surface area (Å²) in [5.74, 6) is 2.08. The number of nitrogens with zero attached hydrogens (tertiary/aromatic N) is 5. The van der Waals surface area contributed by atoms with Crippen molar-refractivity contribution in [1.82, 2.24) is 19.4 Å². The predicted molar refractivity (Wildman–Crippen MR) is 202 cm³/mol. The van der Waals surface area contributed by atoms with Crippen LogP contribution in [0.1, 0.15) is 90.3 Å². The molecule has 0 amide bonds. The zero-order valence-corrected chi connectivity index (χ0v) is 30.0. The molecule has 3 aliphatic rings. The Balaban J connectivity index is 1.32. The Morgan fingerprint density at radius 1 is 0.660 bits per heavy atom. The highest BCUT2D eigenvalue weighted by Crippen LogP contribution is 2.61. The van der Waals surface area contributed by atoms with Crippen molar-refractivity contribution in [2.24, 2.45) is 0 Å². The number of aromatic nitrogens is 5. The monoisotopic (exact) mass is 654 g/mol. The van der Waals surface area contributed by atoms with Gasteiger partial charge in [-0.2, -0.15) is 4.40 Å². The summed E-state index contributed by atoms with van der Waals surface area (Å²) in [4.78, 5) is 15.4. The van der Waals surface area contributed by atoms with Gasteiger partial charge in [0.15, 0.2) is 28.5 Å². The van der Waals surface area contributed by atoms with Crippen LogP contribution in [0, 0.1) is 0 Å². The fraction of sp³-hybridized carbons (Fsp3) is 0.333. The van der Waals surface area contributed by atoms with Gasteiger partial charge in [0, 0.05) is 27.5 Å². The molecule has 1 saturated carbocycles. The molecule has 4 atom stereocenters. The number of hydrogen-bond acceptors (Lipinski definition) is 3. The summed E-state index contributed by atoms with van der Waals surface area (Å²) in [6, 6.07) is 32.7. The van der Waals surface area contributed by atoms with Crippen LogP contribution in [0.4, 0.5) is 0 Å². The largest absolute Gasteiger partial charge is 0.295 e. The van der Waals surface area contributed by atoms with E-state index in [1.165, 1.54) is 52.3 Å². The van der Waals surface area contributed by atoms with Crippen LogP contribution in [0.3, 0.4) is 0 Å². The molecule has 0 radical (unpaired) electrons. The molecule has 5 heteroatoms. The summed E-state index contributed by atoms with van der Waals surface area (Å²) >= 11 is 0. The van der Waals surface area contributed by atoms with Crippen molar-refractivity contribution < 1.29 is 4.57 Å². The van der Waals surface area contributed by atoms with Crippen molar-refractivity contribution in [3.8, 4) is 34.2 Å². The molecule has 4 heterocycles. The van der Waals surface area contributed by atoms with Gasteiger partial charge in [-0.15, -0.1) is 0 Å². The molecule has 7 aromatic rings. The maximum absolute atomic E-state index is 5.19. The first kappa shape index (κ1) is 30.0. The van der Waals surface area contributed by atoms with Gasteiger partial charge in [-0.05, 0) is 84.7 Å². The van der Waals surface area contributed by atoms with E-state index in [1.54, 1.807) is 11.1 Å². The van der Waals surface area contributed by atoms with Gasteiger partial charge in [0.25, 0.3) is 5.65 Å². The fourth-order valence-electron chi connectivity index (χ4n) is 10.6. The molecule has 4 aromatic carbocycles. The maximum Gasteiger partial charge on any atom is 0.295 e. The highest BCUT2D eigenvalue weighted by Gasteiger charge is 2.57. The SMILES string of the molecule is CCC1(C)c2ccc(-c3nc(-c4ccccc4)nc(-c4ccccc4)n3)c3ccn4c5cc6c(cc5[n+](c4c23)C1(C)CC)C1(C)CCC6(C)C1. The Morgan fingerprint density at radius 3 is 1.86 bits per heavy atom. The van der Waals surface area contributed by atoms with Crippen LogP contribution in [-0.2, 0) is 21.8 Å². The molecule has 2 aliphatic carbocycles. The molecule has 1 aliphatic heterocycles. The summed E-state index contributed by atoms with van der Waals surface area (Å²) in [6.45, 7) is 14.8. The lowest BCUT2D eigenvalue weighted by Gasteiger charge is -2.47. The second-order valence-electron chi connectivity index (χ2n) is 16.3. The van der Waals surface area contributed by atoms with E-state index >= 15 is 0 Å². The van der Waals surface area contributed by atoms with Crippen LogP contribution in [0.25, 0.3) is 61.6 Å². The normalized spacial score (nSPS) is 26.4. The summed E-state index contributed by atoms with van der Waals surface area (Å²) in [5, 5.41) is 2.51. The van der Waals surface area contributed by atoms with Crippen molar-refractivity contribution in [2.75, 3.05) is 0 Å². The first-order chi connectivity index (χ1) is 24.1. The highest BCUT2D eigenvalue weighted by molar-refractivity contribution is 6.06. The summed E-state index contributed by atoms with van der Waals surface area (Å²) in [6.07, 6.45) is 8.22. The summed E-state index contributed by atoms with van der Waals surface area (Å²) < 4.78 is 5.26. The van der Waals surface area contributed by atoms with Gasteiger partial charge in [-0.3, -0.25) is 0 Å². The lowest BCUT2D eigenvalue weighted by Crippen LogP contribution is -2.66. The molecule has 5 nitrogen and oxygen atoms in total. The van der Waals surface area contributed by atoms with Crippen LogP contribution < -0.4 is 4.57 Å². The topological polar surface area (TPSA) is 47.0 Å². The Morgan fingerprint density at radius 2 is 1.26 bits per heavy atom. The van der Waals surface area contributed by atoms with Crippen LogP contribution in [0.2, 0.25) is 0 Å². The smallest absolute Gasteiger partial charge is 0.216 e. The van der Waals surface area contributed by atoms with Gasteiger partial charge in [-0.1, -0.05) is 107 Å². The third-order valence-corrected chi connectivity index (χ3v) is 13.8. The van der Waals surface area contributed by atoms with Crippen LogP contribution >= 0.6 is 0 Å². The lowest BCUT2D eigenvalue weighted by molar-refractivity contribution is -0.728. The quantitative estimate of drug-likeness (QED) is 0.174. The Bertz CT molecular complexity index is 2500. The average Bonchev–Trinajstić information content (AvgIpc) is 3.75. The standard InChI is InChI=1S/C45H44N5/c1-7-44(5)32-20-19-31(40-47-38(28-15-11-9-12-16-28)46-39(48-40)29-17-13-10-14-18-29)30-21-24-49-35-25-33-34(43(4)23-22-42(33,3)27-43)26-36(35)50(41(49)37(30)32)45(44,6)8-2/h9-21,24-26H,7-8,22-23,27H2,1-6H3/q+1. The van der Waals surface area contributed by atoms with Gasteiger partial charge in [0.05, 0.1) is 11.6 Å². The van der Waals surface area contributed by atoms with E-state index in [4.69, 9.17) is 15.0 Å². The molecule has 10 rings (SSSR count). The third-order valence-electron chi connectivity index (χ3n) is 13.8. The maximum atomic E-state index is 5.19. The molecule has 50 heavy (non-hydrogen) atoms. The minimum absolute atomic E-state index is 0.0935. The van der Waals surface area contributed by atoms with E-state index < -0.39 is 0 Å². The molecule has 1 fully saturated rings. The van der Waals surface area contributed by atoms with E-state index in [-0.39, 0.29) is 21.8 Å². The van der Waals surface area contributed by atoms with Gasteiger partial charge in [-0.25, -0.2) is 19.5 Å². The Labute approximate surface area is 294 Å². The first-order valence-electron chi connectivity index (χ1n) is 18.5. The van der Waals surface area contributed by atoms with Crippen molar-refractivity contribution in [3.63, 3.8) is 0 Å². The van der Waals surface area contributed by atoms with E-state index in [9.17, 15) is 0 Å². The second kappa shape index (κ2) is 9.87. The van der Waals surface area contributed by atoms with E-state index in [2.05, 4.69) is 111 Å². The number of benzene rings is 4. The molecule has 3 aromatic heterocycles. The van der Waals surface area contributed by atoms with Crippen molar-refractivity contribution in [1.29, 1.82) is 0 Å². The summed E-state index contributed by atoms with van der Waals surface area (Å²) in [7, 11) is 0. The number of hydrogen-bond donors (Lipinski definition) is 0. The van der Waals surface area contributed by atoms with Crippen LogP contribution in [0.5, 0.6) is 0 Å². The van der Waals surface area contributed by atoms with Gasteiger partial charge in [0.2, 0.25) is 0 Å². The minimum atomic E-state index is -0.123. The third kappa shape index (κ3) is 3.63. The predicted octanol–water partition coefficient (Wildman–Crippen LogP) is 10.2.